The van der Waals surface area contributed by atoms with E-state index in [1.807, 2.05) is 19.1 Å². The molecule has 0 radical (unpaired) electrons. The molecule has 3 heteroatoms. The minimum atomic E-state index is -0.134. The van der Waals surface area contributed by atoms with Crippen molar-refractivity contribution >= 4 is 17.3 Å². The van der Waals surface area contributed by atoms with Gasteiger partial charge in [-0.2, -0.15) is 0 Å². The molecule has 1 saturated carbocycles. The third-order valence-corrected chi connectivity index (χ3v) is 2.69. The van der Waals surface area contributed by atoms with E-state index in [-0.39, 0.29) is 11.3 Å². The fourth-order valence-electron chi connectivity index (χ4n) is 1.31. The Morgan fingerprint density at radius 2 is 2.21 bits per heavy atom. The Kier molecular flexibility index (Phi) is 1.95. The summed E-state index contributed by atoms with van der Waals surface area (Å²) in [6, 6.07) is 7.25. The lowest BCUT2D eigenvalue weighted by Gasteiger charge is -2.09. The van der Waals surface area contributed by atoms with Crippen LogP contribution in [-0.2, 0) is 4.79 Å². The number of nitrogen functional groups attached to an aromatic ring is 1. The van der Waals surface area contributed by atoms with Crippen LogP contribution in [-0.4, -0.2) is 5.91 Å². The summed E-state index contributed by atoms with van der Waals surface area (Å²) in [5.41, 5.74) is 6.92. The highest BCUT2D eigenvalue weighted by molar-refractivity contribution is 5.97. The van der Waals surface area contributed by atoms with E-state index >= 15 is 0 Å². The first-order chi connectivity index (χ1) is 6.60. The smallest absolute Gasteiger partial charge is 0.230 e. The van der Waals surface area contributed by atoms with Gasteiger partial charge in [-0.05, 0) is 31.0 Å². The van der Waals surface area contributed by atoms with E-state index in [2.05, 4.69) is 5.32 Å². The third kappa shape index (κ3) is 1.71. The summed E-state index contributed by atoms with van der Waals surface area (Å²) < 4.78 is 0. The summed E-state index contributed by atoms with van der Waals surface area (Å²) in [4.78, 5) is 11.7. The van der Waals surface area contributed by atoms with Gasteiger partial charge in [-0.3, -0.25) is 4.79 Å². The Hall–Kier alpha value is -1.51. The number of anilines is 2. The lowest BCUT2D eigenvalue weighted by Crippen LogP contribution is -2.21. The fourth-order valence-corrected chi connectivity index (χ4v) is 1.31. The molecule has 1 aromatic carbocycles. The maximum atomic E-state index is 11.7. The van der Waals surface area contributed by atoms with Crippen LogP contribution >= 0.6 is 0 Å². The first-order valence-corrected chi connectivity index (χ1v) is 4.77. The summed E-state index contributed by atoms with van der Waals surface area (Å²) >= 11 is 0. The van der Waals surface area contributed by atoms with Crippen molar-refractivity contribution in [3.63, 3.8) is 0 Å². The second-order valence-corrected chi connectivity index (χ2v) is 4.14. The summed E-state index contributed by atoms with van der Waals surface area (Å²) in [7, 11) is 0. The van der Waals surface area contributed by atoms with Gasteiger partial charge in [-0.1, -0.05) is 13.0 Å². The molecule has 0 aromatic heterocycles. The molecule has 0 atom stereocenters. The third-order valence-electron chi connectivity index (χ3n) is 2.69. The van der Waals surface area contributed by atoms with Gasteiger partial charge in [0.25, 0.3) is 0 Å². The van der Waals surface area contributed by atoms with Gasteiger partial charge in [0, 0.05) is 16.8 Å². The van der Waals surface area contributed by atoms with Crippen LogP contribution in [0.2, 0.25) is 0 Å². The minimum absolute atomic E-state index is 0.100. The van der Waals surface area contributed by atoms with E-state index in [9.17, 15) is 4.79 Å². The molecule has 14 heavy (non-hydrogen) atoms. The molecule has 1 aromatic rings. The summed E-state index contributed by atoms with van der Waals surface area (Å²) in [6.07, 6.45) is 1.97. The molecule has 3 nitrogen and oxygen atoms in total. The molecule has 1 amide bonds. The van der Waals surface area contributed by atoms with E-state index in [0.29, 0.717) is 5.69 Å². The molecule has 0 bridgehead atoms. The van der Waals surface area contributed by atoms with E-state index in [1.54, 1.807) is 12.1 Å². The minimum Gasteiger partial charge on any atom is -0.399 e. The van der Waals surface area contributed by atoms with E-state index < -0.39 is 0 Å². The van der Waals surface area contributed by atoms with Crippen molar-refractivity contribution in [3.05, 3.63) is 24.3 Å². The summed E-state index contributed by atoms with van der Waals surface area (Å²) in [6.45, 7) is 1.98. The Morgan fingerprint density at radius 1 is 1.50 bits per heavy atom. The van der Waals surface area contributed by atoms with Crippen LogP contribution < -0.4 is 11.1 Å². The zero-order valence-corrected chi connectivity index (χ0v) is 8.21. The Bertz CT molecular complexity index is 369. The summed E-state index contributed by atoms with van der Waals surface area (Å²) in [5.74, 6) is 0.100. The molecule has 74 valence electrons. The molecule has 0 aliphatic heterocycles. The number of nitrogens with two attached hydrogens (primary N) is 1. The van der Waals surface area contributed by atoms with Crippen LogP contribution in [0.15, 0.2) is 24.3 Å². The van der Waals surface area contributed by atoms with Crippen molar-refractivity contribution in [2.75, 3.05) is 11.1 Å². The molecule has 1 aliphatic carbocycles. The highest BCUT2D eigenvalue weighted by atomic mass is 16.2. The number of hydrogen-bond acceptors (Lipinski definition) is 2. The van der Waals surface area contributed by atoms with Crippen LogP contribution in [0.1, 0.15) is 19.8 Å². The number of rotatable bonds is 2. The number of benzene rings is 1. The monoisotopic (exact) mass is 190 g/mol. The van der Waals surface area contributed by atoms with Crippen molar-refractivity contribution in [2.45, 2.75) is 19.8 Å². The molecular weight excluding hydrogens is 176 g/mol. The van der Waals surface area contributed by atoms with Crippen molar-refractivity contribution in [1.29, 1.82) is 0 Å². The van der Waals surface area contributed by atoms with Crippen LogP contribution in [0.4, 0.5) is 11.4 Å². The first kappa shape index (κ1) is 9.06. The van der Waals surface area contributed by atoms with Crippen molar-refractivity contribution in [2.24, 2.45) is 5.41 Å². The molecule has 1 aliphatic rings. The van der Waals surface area contributed by atoms with Crippen molar-refractivity contribution < 1.29 is 4.79 Å². The number of carbonyl (C=O) groups excluding carboxylic acids is 1. The number of hydrogen-bond donors (Lipinski definition) is 2. The van der Waals surface area contributed by atoms with Gasteiger partial charge in [0.1, 0.15) is 0 Å². The lowest BCUT2D eigenvalue weighted by molar-refractivity contribution is -0.120. The molecule has 0 heterocycles. The van der Waals surface area contributed by atoms with Gasteiger partial charge >= 0.3 is 0 Å². The van der Waals surface area contributed by atoms with Crippen LogP contribution in [0.5, 0.6) is 0 Å². The Morgan fingerprint density at radius 3 is 2.79 bits per heavy atom. The molecule has 1 fully saturated rings. The molecule has 3 N–H and O–H groups in total. The van der Waals surface area contributed by atoms with Crippen molar-refractivity contribution in [1.82, 2.24) is 0 Å². The van der Waals surface area contributed by atoms with Gasteiger partial charge in [-0.15, -0.1) is 0 Å². The van der Waals surface area contributed by atoms with E-state index in [0.717, 1.165) is 18.5 Å². The Labute approximate surface area is 83.3 Å². The topological polar surface area (TPSA) is 55.1 Å². The van der Waals surface area contributed by atoms with E-state index in [4.69, 9.17) is 5.73 Å². The maximum absolute atomic E-state index is 11.7. The average Bonchev–Trinajstić information content (AvgIpc) is 2.85. The zero-order chi connectivity index (χ0) is 10.2. The molecule has 2 rings (SSSR count). The quantitative estimate of drug-likeness (QED) is 0.701. The maximum Gasteiger partial charge on any atom is 0.230 e. The highest BCUT2D eigenvalue weighted by Crippen LogP contribution is 2.45. The van der Waals surface area contributed by atoms with Gasteiger partial charge in [0.15, 0.2) is 0 Å². The average molecular weight is 190 g/mol. The fraction of sp³-hybridized carbons (Fsp3) is 0.364. The van der Waals surface area contributed by atoms with Crippen LogP contribution in [0.25, 0.3) is 0 Å². The Balaban J connectivity index is 2.07. The largest absolute Gasteiger partial charge is 0.399 e. The van der Waals surface area contributed by atoms with E-state index in [1.165, 1.54) is 0 Å². The highest BCUT2D eigenvalue weighted by Gasteiger charge is 2.44. The summed E-state index contributed by atoms with van der Waals surface area (Å²) in [5, 5.41) is 2.87. The first-order valence-electron chi connectivity index (χ1n) is 4.77. The lowest BCUT2D eigenvalue weighted by atomic mass is 10.1. The predicted octanol–water partition coefficient (Wildman–Crippen LogP) is 2.01. The van der Waals surface area contributed by atoms with Gasteiger partial charge < -0.3 is 11.1 Å². The number of nitrogens with one attached hydrogen (secondary N) is 1. The predicted molar refractivity (Wildman–Crippen MR) is 56.8 cm³/mol. The van der Waals surface area contributed by atoms with Crippen LogP contribution in [0.3, 0.4) is 0 Å². The zero-order valence-electron chi connectivity index (χ0n) is 8.21. The van der Waals surface area contributed by atoms with Crippen molar-refractivity contribution in [3.8, 4) is 0 Å². The second-order valence-electron chi connectivity index (χ2n) is 4.14. The standard InChI is InChI=1S/C11H14N2O/c1-11(5-6-11)10(14)13-9-4-2-3-8(12)7-9/h2-4,7H,5-6,12H2,1H3,(H,13,14). The van der Waals surface area contributed by atoms with Gasteiger partial charge in [-0.25, -0.2) is 0 Å². The molecule has 0 saturated heterocycles. The molecular formula is C11H14N2O. The van der Waals surface area contributed by atoms with Gasteiger partial charge in [0.05, 0.1) is 0 Å². The normalized spacial score (nSPS) is 17.5. The molecule has 0 spiro atoms. The van der Waals surface area contributed by atoms with Gasteiger partial charge in [0.2, 0.25) is 5.91 Å². The molecule has 0 unspecified atom stereocenters. The van der Waals surface area contributed by atoms with Crippen LogP contribution in [0, 0.1) is 5.41 Å². The number of amides is 1. The second kappa shape index (κ2) is 3.01. The SMILES string of the molecule is CC1(C(=O)Nc2cccc(N)c2)CC1. The number of carbonyl (C=O) groups is 1.